The predicted molar refractivity (Wildman–Crippen MR) is 100 cm³/mol. The van der Waals surface area contributed by atoms with Gasteiger partial charge in [-0.3, -0.25) is 19.6 Å². The van der Waals surface area contributed by atoms with Gasteiger partial charge in [0.1, 0.15) is 0 Å². The minimum atomic E-state index is -0.325. The molecule has 1 aromatic carbocycles. The maximum absolute atomic E-state index is 12.4. The second-order valence-corrected chi connectivity index (χ2v) is 7.51. The number of carbonyl (C=O) groups excluding carboxylic acids is 2. The number of hydrogen-bond acceptors (Lipinski definition) is 4. The summed E-state index contributed by atoms with van der Waals surface area (Å²) < 4.78 is 0.943. The molecular weight excluding hydrogens is 386 g/mol. The summed E-state index contributed by atoms with van der Waals surface area (Å²) >= 11 is 3.42. The number of nitrogens with zero attached hydrogens (tertiary/aromatic N) is 3. The second kappa shape index (κ2) is 7.53. The van der Waals surface area contributed by atoms with Crippen LogP contribution in [0.3, 0.4) is 0 Å². The molecule has 2 heterocycles. The number of fused-ring (bicyclic) bond motifs is 1. The zero-order valence-corrected chi connectivity index (χ0v) is 16.0. The zero-order valence-electron chi connectivity index (χ0n) is 14.4. The van der Waals surface area contributed by atoms with E-state index in [2.05, 4.69) is 36.3 Å². The highest BCUT2D eigenvalue weighted by Gasteiger charge is 2.36. The van der Waals surface area contributed by atoms with Crippen LogP contribution in [0.1, 0.15) is 12.8 Å². The molecule has 2 aromatic rings. The van der Waals surface area contributed by atoms with Gasteiger partial charge in [0.05, 0.1) is 11.4 Å². The minimum Gasteiger partial charge on any atom is -0.356 e. The van der Waals surface area contributed by atoms with Crippen LogP contribution in [0, 0.1) is 5.92 Å². The largest absolute Gasteiger partial charge is 0.356 e. The number of carbonyl (C=O) groups is 2. The number of rotatable bonds is 6. The predicted octanol–water partition coefficient (Wildman–Crippen LogP) is 1.75. The van der Waals surface area contributed by atoms with E-state index in [-0.39, 0.29) is 24.2 Å². The van der Waals surface area contributed by atoms with Gasteiger partial charge in [0.2, 0.25) is 11.8 Å². The number of amides is 2. The van der Waals surface area contributed by atoms with Crippen LogP contribution in [-0.2, 0) is 9.59 Å². The van der Waals surface area contributed by atoms with Gasteiger partial charge < -0.3 is 10.2 Å². The van der Waals surface area contributed by atoms with E-state index in [4.69, 9.17) is 0 Å². The summed E-state index contributed by atoms with van der Waals surface area (Å²) in [5.41, 5.74) is 0.855. The smallest absolute Gasteiger partial charge is 0.229 e. The van der Waals surface area contributed by atoms with Crippen LogP contribution in [0.25, 0.3) is 10.9 Å². The van der Waals surface area contributed by atoms with Crippen LogP contribution < -0.4 is 10.2 Å². The molecule has 1 aliphatic rings. The molecule has 134 valence electrons. The fraction of sp³-hybridized carbons (Fsp3) is 0.471. The molecule has 0 saturated carbocycles. The van der Waals surface area contributed by atoms with Crippen LogP contribution >= 0.6 is 15.9 Å². The van der Waals surface area contributed by atoms with Crippen molar-refractivity contribution in [3.8, 4) is 0 Å². The minimum absolute atomic E-state index is 0.0582. The van der Waals surface area contributed by atoms with Crippen molar-refractivity contribution >= 4 is 44.5 Å². The molecule has 0 radical (unpaired) electrons. The van der Waals surface area contributed by atoms with Crippen LogP contribution in [0.2, 0.25) is 0 Å². The first-order valence-electron chi connectivity index (χ1n) is 8.32. The van der Waals surface area contributed by atoms with E-state index in [0.29, 0.717) is 18.9 Å². The van der Waals surface area contributed by atoms with E-state index in [9.17, 15) is 9.59 Å². The molecule has 8 heteroatoms. The van der Waals surface area contributed by atoms with Crippen LogP contribution in [0.4, 0.5) is 5.82 Å². The Balaban J connectivity index is 1.64. The summed E-state index contributed by atoms with van der Waals surface area (Å²) in [6.45, 7) is 1.92. The molecule has 1 aromatic heterocycles. The van der Waals surface area contributed by atoms with Crippen molar-refractivity contribution < 1.29 is 9.59 Å². The van der Waals surface area contributed by atoms with Crippen LogP contribution in [-0.4, -0.2) is 60.6 Å². The topological polar surface area (TPSA) is 81.3 Å². The molecule has 0 spiro atoms. The first-order valence-corrected chi connectivity index (χ1v) is 9.11. The second-order valence-electron chi connectivity index (χ2n) is 6.59. The van der Waals surface area contributed by atoms with Gasteiger partial charge in [0.15, 0.2) is 5.82 Å². The molecule has 3 rings (SSSR count). The van der Waals surface area contributed by atoms with E-state index in [1.165, 1.54) is 0 Å². The van der Waals surface area contributed by atoms with E-state index in [1.807, 2.05) is 32.3 Å². The molecule has 1 atom stereocenters. The average Bonchev–Trinajstić information content (AvgIpc) is 3.14. The Morgan fingerprint density at radius 3 is 3.04 bits per heavy atom. The Bertz CT molecular complexity index is 788. The molecule has 2 N–H and O–H groups in total. The Morgan fingerprint density at radius 1 is 1.48 bits per heavy atom. The third kappa shape index (κ3) is 4.01. The number of aromatic amines is 1. The van der Waals surface area contributed by atoms with Gasteiger partial charge in [-0.15, -0.1) is 0 Å². The summed E-state index contributed by atoms with van der Waals surface area (Å²) in [6.07, 6.45) is 1.12. The lowest BCUT2D eigenvalue weighted by molar-refractivity contribution is -0.126. The van der Waals surface area contributed by atoms with Gasteiger partial charge in [-0.2, -0.15) is 5.10 Å². The van der Waals surface area contributed by atoms with Gasteiger partial charge in [0.25, 0.3) is 0 Å². The maximum atomic E-state index is 12.4. The highest BCUT2D eigenvalue weighted by atomic mass is 79.9. The van der Waals surface area contributed by atoms with Crippen molar-refractivity contribution in [2.75, 3.05) is 38.6 Å². The molecule has 1 saturated heterocycles. The molecule has 1 aliphatic heterocycles. The van der Waals surface area contributed by atoms with Crippen LogP contribution in [0.15, 0.2) is 22.7 Å². The zero-order chi connectivity index (χ0) is 18.0. The third-order valence-corrected chi connectivity index (χ3v) is 4.83. The van der Waals surface area contributed by atoms with Gasteiger partial charge in [0, 0.05) is 29.4 Å². The van der Waals surface area contributed by atoms with Gasteiger partial charge in [-0.05, 0) is 45.3 Å². The number of H-pyrrole nitrogens is 1. The van der Waals surface area contributed by atoms with E-state index in [1.54, 1.807) is 4.90 Å². The standard InChI is InChI=1S/C17H22BrN5O2/c1-22(2)7-3-6-19-17(25)11-8-15(24)23(10-11)16-13-5-4-12(18)9-14(13)20-21-16/h4-5,9,11H,3,6-8,10H2,1-2H3,(H,19,25)(H,20,21)/t11-/m1/s1. The van der Waals surface area contributed by atoms with Gasteiger partial charge in [-0.1, -0.05) is 15.9 Å². The average molecular weight is 408 g/mol. The fourth-order valence-corrected chi connectivity index (χ4v) is 3.38. The molecule has 0 bridgehead atoms. The fourth-order valence-electron chi connectivity index (χ4n) is 3.02. The molecule has 25 heavy (non-hydrogen) atoms. The molecule has 0 unspecified atom stereocenters. The molecule has 2 amide bonds. The Hall–Kier alpha value is -1.93. The van der Waals surface area contributed by atoms with Crippen molar-refractivity contribution in [2.45, 2.75) is 12.8 Å². The first-order chi connectivity index (χ1) is 12.0. The highest BCUT2D eigenvalue weighted by molar-refractivity contribution is 9.10. The molecule has 7 nitrogen and oxygen atoms in total. The van der Waals surface area contributed by atoms with Gasteiger partial charge in [-0.25, -0.2) is 0 Å². The van der Waals surface area contributed by atoms with Gasteiger partial charge >= 0.3 is 0 Å². The maximum Gasteiger partial charge on any atom is 0.229 e. The summed E-state index contributed by atoms with van der Waals surface area (Å²) in [7, 11) is 4.00. The number of anilines is 1. The van der Waals surface area contributed by atoms with Crippen molar-refractivity contribution in [1.29, 1.82) is 0 Å². The number of aromatic nitrogens is 2. The van der Waals surface area contributed by atoms with Crippen LogP contribution in [0.5, 0.6) is 0 Å². The summed E-state index contributed by atoms with van der Waals surface area (Å²) in [5.74, 6) is 0.145. The monoisotopic (exact) mass is 407 g/mol. The number of halogens is 1. The lowest BCUT2D eigenvalue weighted by Crippen LogP contribution is -2.34. The lowest BCUT2D eigenvalue weighted by Gasteiger charge is -2.15. The Kier molecular flexibility index (Phi) is 5.39. The highest BCUT2D eigenvalue weighted by Crippen LogP contribution is 2.31. The summed E-state index contributed by atoms with van der Waals surface area (Å²) in [5, 5.41) is 11.0. The first kappa shape index (κ1) is 17.9. The molecule has 0 aliphatic carbocycles. The summed E-state index contributed by atoms with van der Waals surface area (Å²) in [4.78, 5) is 28.4. The summed E-state index contributed by atoms with van der Waals surface area (Å²) in [6, 6.07) is 5.75. The molecule has 1 fully saturated rings. The SMILES string of the molecule is CN(C)CCCNC(=O)[C@@H]1CC(=O)N(c2n[nH]c3cc(Br)ccc23)C1. The van der Waals surface area contributed by atoms with Crippen molar-refractivity contribution in [1.82, 2.24) is 20.4 Å². The Labute approximate surface area is 154 Å². The Morgan fingerprint density at radius 2 is 2.28 bits per heavy atom. The molecular formula is C17H22BrN5O2. The van der Waals surface area contributed by atoms with E-state index >= 15 is 0 Å². The normalized spacial score (nSPS) is 17.7. The number of benzene rings is 1. The quantitative estimate of drug-likeness (QED) is 0.714. The number of nitrogens with one attached hydrogen (secondary N) is 2. The van der Waals surface area contributed by atoms with Crippen molar-refractivity contribution in [2.24, 2.45) is 5.92 Å². The van der Waals surface area contributed by atoms with E-state index in [0.717, 1.165) is 28.3 Å². The lowest BCUT2D eigenvalue weighted by atomic mass is 10.1. The van der Waals surface area contributed by atoms with Crippen molar-refractivity contribution in [3.05, 3.63) is 22.7 Å². The van der Waals surface area contributed by atoms with Crippen molar-refractivity contribution in [3.63, 3.8) is 0 Å². The number of hydrogen-bond donors (Lipinski definition) is 2. The van der Waals surface area contributed by atoms with E-state index < -0.39 is 0 Å². The third-order valence-electron chi connectivity index (χ3n) is 4.34.